The Kier molecular flexibility index (Phi) is 9.62. The Labute approximate surface area is 197 Å². The van der Waals surface area contributed by atoms with Crippen LogP contribution in [0.3, 0.4) is 0 Å². The second-order valence-corrected chi connectivity index (χ2v) is 7.70. The Morgan fingerprint density at radius 3 is 2.47 bits per heavy atom. The Morgan fingerprint density at radius 1 is 1.13 bits per heavy atom. The molecule has 1 saturated heterocycles. The van der Waals surface area contributed by atoms with Gasteiger partial charge in [-0.05, 0) is 37.0 Å². The molecule has 0 radical (unpaired) electrons. The summed E-state index contributed by atoms with van der Waals surface area (Å²) in [5.41, 5.74) is 4.89. The summed E-state index contributed by atoms with van der Waals surface area (Å²) >= 11 is 0. The molecule has 1 heterocycles. The summed E-state index contributed by atoms with van der Waals surface area (Å²) in [6, 6.07) is 16.9. The van der Waals surface area contributed by atoms with E-state index in [1.54, 1.807) is 0 Å². The first-order valence-electron chi connectivity index (χ1n) is 10.5. The summed E-state index contributed by atoms with van der Waals surface area (Å²) in [6.07, 6.45) is 1.64. The standard InChI is InChI=1S/C24H32N4O.HI/c1-4-25-24(27(3)17-20-13-11-19(2)12-14-20)26-16-21-8-5-6-9-22(21)18-28-15-7-10-23(28)29;/h5-6,8-9,11-14H,4,7,10,15-18H2,1-3H3,(H,25,26);1H. The molecule has 0 spiro atoms. The van der Waals surface area contributed by atoms with Gasteiger partial charge >= 0.3 is 0 Å². The first-order chi connectivity index (χ1) is 14.1. The van der Waals surface area contributed by atoms with Crippen LogP contribution in [-0.2, 0) is 24.4 Å². The second-order valence-electron chi connectivity index (χ2n) is 7.70. The highest BCUT2D eigenvalue weighted by Gasteiger charge is 2.20. The van der Waals surface area contributed by atoms with Crippen LogP contribution < -0.4 is 5.32 Å². The van der Waals surface area contributed by atoms with E-state index in [1.165, 1.54) is 22.3 Å². The summed E-state index contributed by atoms with van der Waals surface area (Å²) in [4.78, 5) is 21.0. The van der Waals surface area contributed by atoms with E-state index in [9.17, 15) is 4.79 Å². The van der Waals surface area contributed by atoms with Crippen LogP contribution in [0, 0.1) is 6.92 Å². The molecule has 1 fully saturated rings. The summed E-state index contributed by atoms with van der Waals surface area (Å²) in [6.45, 7) is 7.95. The fourth-order valence-corrected chi connectivity index (χ4v) is 3.61. The molecule has 2 aromatic carbocycles. The largest absolute Gasteiger partial charge is 0.357 e. The van der Waals surface area contributed by atoms with E-state index in [0.717, 1.165) is 32.0 Å². The Hall–Kier alpha value is -2.09. The fraction of sp³-hybridized carbons (Fsp3) is 0.417. The van der Waals surface area contributed by atoms with Gasteiger partial charge in [-0.2, -0.15) is 0 Å². The van der Waals surface area contributed by atoms with E-state index in [4.69, 9.17) is 4.99 Å². The SMILES string of the molecule is CCNC(=NCc1ccccc1CN1CCCC1=O)N(C)Cc1ccc(C)cc1.I. The Bertz CT molecular complexity index is 851. The van der Waals surface area contributed by atoms with Crippen molar-refractivity contribution in [3.05, 3.63) is 70.8 Å². The van der Waals surface area contributed by atoms with E-state index < -0.39 is 0 Å². The molecule has 30 heavy (non-hydrogen) atoms. The zero-order chi connectivity index (χ0) is 20.6. The van der Waals surface area contributed by atoms with Gasteiger partial charge in [0.05, 0.1) is 6.54 Å². The number of aryl methyl sites for hydroxylation is 1. The predicted molar refractivity (Wildman–Crippen MR) is 134 cm³/mol. The monoisotopic (exact) mass is 520 g/mol. The lowest BCUT2D eigenvalue weighted by atomic mass is 10.1. The van der Waals surface area contributed by atoms with Crippen molar-refractivity contribution in [2.45, 2.75) is 46.3 Å². The number of aliphatic imine (C=N–C) groups is 1. The van der Waals surface area contributed by atoms with Crippen molar-refractivity contribution < 1.29 is 4.79 Å². The van der Waals surface area contributed by atoms with E-state index in [0.29, 0.717) is 19.5 Å². The van der Waals surface area contributed by atoms with Crippen molar-refractivity contribution >= 4 is 35.8 Å². The van der Waals surface area contributed by atoms with Crippen molar-refractivity contribution in [1.82, 2.24) is 15.1 Å². The summed E-state index contributed by atoms with van der Waals surface area (Å²) in [5.74, 6) is 1.15. The molecule has 0 atom stereocenters. The quantitative estimate of drug-likeness (QED) is 0.336. The molecule has 5 nitrogen and oxygen atoms in total. The van der Waals surface area contributed by atoms with Gasteiger partial charge in [0.15, 0.2) is 5.96 Å². The molecule has 3 rings (SSSR count). The number of guanidine groups is 1. The third-order valence-corrected chi connectivity index (χ3v) is 5.29. The van der Waals surface area contributed by atoms with Crippen LogP contribution in [0.25, 0.3) is 0 Å². The van der Waals surface area contributed by atoms with Crippen LogP contribution >= 0.6 is 24.0 Å². The van der Waals surface area contributed by atoms with Crippen molar-refractivity contribution in [3.63, 3.8) is 0 Å². The van der Waals surface area contributed by atoms with E-state index in [2.05, 4.69) is 67.5 Å². The maximum absolute atomic E-state index is 12.0. The van der Waals surface area contributed by atoms with Crippen LogP contribution in [0.15, 0.2) is 53.5 Å². The van der Waals surface area contributed by atoms with Gasteiger partial charge in [-0.25, -0.2) is 4.99 Å². The minimum atomic E-state index is 0. The highest BCUT2D eigenvalue weighted by Crippen LogP contribution is 2.18. The molecule has 0 aliphatic carbocycles. The second kappa shape index (κ2) is 11.9. The van der Waals surface area contributed by atoms with Crippen molar-refractivity contribution in [2.24, 2.45) is 4.99 Å². The molecule has 162 valence electrons. The number of hydrogen-bond acceptors (Lipinski definition) is 2. The number of halogens is 1. The highest BCUT2D eigenvalue weighted by atomic mass is 127. The van der Waals surface area contributed by atoms with Gasteiger partial charge in [0, 0.05) is 39.6 Å². The first-order valence-corrected chi connectivity index (χ1v) is 10.5. The third kappa shape index (κ3) is 6.72. The highest BCUT2D eigenvalue weighted by molar-refractivity contribution is 14.0. The lowest BCUT2D eigenvalue weighted by molar-refractivity contribution is -0.128. The van der Waals surface area contributed by atoms with Crippen molar-refractivity contribution in [3.8, 4) is 0 Å². The van der Waals surface area contributed by atoms with Gasteiger partial charge in [0.25, 0.3) is 0 Å². The van der Waals surface area contributed by atoms with E-state index in [1.807, 2.05) is 17.0 Å². The number of carbonyl (C=O) groups is 1. The number of carbonyl (C=O) groups excluding carboxylic acids is 1. The van der Waals surface area contributed by atoms with Gasteiger partial charge in [-0.1, -0.05) is 54.1 Å². The molecule has 6 heteroatoms. The maximum atomic E-state index is 12.0. The van der Waals surface area contributed by atoms with Gasteiger partial charge in [-0.15, -0.1) is 24.0 Å². The van der Waals surface area contributed by atoms with Gasteiger partial charge in [0.1, 0.15) is 0 Å². The normalized spacial score (nSPS) is 13.9. The average Bonchev–Trinajstić information content (AvgIpc) is 3.12. The molecule has 1 aliphatic rings. The van der Waals surface area contributed by atoms with Crippen LogP contribution in [0.5, 0.6) is 0 Å². The first kappa shape index (κ1) is 24.2. The van der Waals surface area contributed by atoms with E-state index >= 15 is 0 Å². The van der Waals surface area contributed by atoms with Crippen LogP contribution in [0.1, 0.15) is 42.0 Å². The molecule has 0 aromatic heterocycles. The zero-order valence-corrected chi connectivity index (χ0v) is 20.6. The number of likely N-dealkylation sites (tertiary alicyclic amines) is 1. The molecule has 1 N–H and O–H groups in total. The molecule has 0 unspecified atom stereocenters. The molecule has 1 amide bonds. The average molecular weight is 520 g/mol. The Balaban J connectivity index is 0.00000320. The van der Waals surface area contributed by atoms with Crippen LogP contribution in [-0.4, -0.2) is 41.8 Å². The maximum Gasteiger partial charge on any atom is 0.222 e. The van der Waals surface area contributed by atoms with Gasteiger partial charge < -0.3 is 15.1 Å². The molecule has 0 bridgehead atoms. The number of nitrogens with one attached hydrogen (secondary N) is 1. The Morgan fingerprint density at radius 2 is 1.83 bits per heavy atom. The van der Waals surface area contributed by atoms with Crippen LogP contribution in [0.2, 0.25) is 0 Å². The molecule has 0 saturated carbocycles. The summed E-state index contributed by atoms with van der Waals surface area (Å²) in [7, 11) is 2.07. The summed E-state index contributed by atoms with van der Waals surface area (Å²) < 4.78 is 0. The molecular formula is C24H33IN4O. The molecule has 1 aliphatic heterocycles. The van der Waals surface area contributed by atoms with Crippen LogP contribution in [0.4, 0.5) is 0 Å². The fourth-order valence-electron chi connectivity index (χ4n) is 3.61. The lowest BCUT2D eigenvalue weighted by Gasteiger charge is -2.23. The lowest BCUT2D eigenvalue weighted by Crippen LogP contribution is -2.38. The number of amides is 1. The van der Waals surface area contributed by atoms with Gasteiger partial charge in [-0.3, -0.25) is 4.79 Å². The minimum absolute atomic E-state index is 0. The number of rotatable bonds is 7. The van der Waals surface area contributed by atoms with Crippen molar-refractivity contribution in [2.75, 3.05) is 20.1 Å². The number of nitrogens with zero attached hydrogens (tertiary/aromatic N) is 3. The smallest absolute Gasteiger partial charge is 0.222 e. The predicted octanol–water partition coefficient (Wildman–Crippen LogP) is 4.33. The van der Waals surface area contributed by atoms with Gasteiger partial charge in [0.2, 0.25) is 5.91 Å². The van der Waals surface area contributed by atoms with Crippen molar-refractivity contribution in [1.29, 1.82) is 0 Å². The molecule has 2 aromatic rings. The topological polar surface area (TPSA) is 47.9 Å². The summed E-state index contributed by atoms with van der Waals surface area (Å²) in [5, 5.41) is 3.40. The molecular weight excluding hydrogens is 487 g/mol. The number of hydrogen-bond donors (Lipinski definition) is 1. The minimum Gasteiger partial charge on any atom is -0.357 e. The number of benzene rings is 2. The third-order valence-electron chi connectivity index (χ3n) is 5.29. The zero-order valence-electron chi connectivity index (χ0n) is 18.2. The van der Waals surface area contributed by atoms with E-state index in [-0.39, 0.29) is 29.9 Å².